The number of amides is 1. The van der Waals surface area contributed by atoms with Gasteiger partial charge in [0.15, 0.2) is 0 Å². The van der Waals surface area contributed by atoms with Gasteiger partial charge in [0.05, 0.1) is 10.6 Å². The summed E-state index contributed by atoms with van der Waals surface area (Å²) >= 11 is 9.22. The molecule has 86 valence electrons. The highest BCUT2D eigenvalue weighted by Crippen LogP contribution is 2.18. The molecule has 17 heavy (non-hydrogen) atoms. The Kier molecular flexibility index (Phi) is 3.76. The number of hydrogen-bond donors (Lipinski definition) is 1. The standard InChI is InChI=1S/C12H8BrClN2O/c13-8-2-1-3-9(6-8)16-12(17)10-4-5-15-7-11(10)14/h1-7H,(H,16,17). The molecular weight excluding hydrogens is 304 g/mol. The van der Waals surface area contributed by atoms with Crippen LogP contribution in [0.4, 0.5) is 5.69 Å². The van der Waals surface area contributed by atoms with Crippen LogP contribution in [0.5, 0.6) is 0 Å². The minimum Gasteiger partial charge on any atom is -0.322 e. The van der Waals surface area contributed by atoms with Gasteiger partial charge in [0.1, 0.15) is 0 Å². The molecule has 2 aromatic rings. The number of benzene rings is 1. The van der Waals surface area contributed by atoms with Gasteiger partial charge in [0, 0.05) is 22.6 Å². The average molecular weight is 312 g/mol. The van der Waals surface area contributed by atoms with E-state index in [-0.39, 0.29) is 5.91 Å². The molecule has 2 rings (SSSR count). The van der Waals surface area contributed by atoms with Gasteiger partial charge in [-0.1, -0.05) is 33.6 Å². The Bertz CT molecular complexity index is 560. The van der Waals surface area contributed by atoms with Crippen LogP contribution in [0.2, 0.25) is 5.02 Å². The van der Waals surface area contributed by atoms with E-state index in [1.54, 1.807) is 12.1 Å². The molecule has 3 nitrogen and oxygen atoms in total. The van der Waals surface area contributed by atoms with Gasteiger partial charge in [-0.2, -0.15) is 0 Å². The number of rotatable bonds is 2. The minimum atomic E-state index is -0.254. The van der Waals surface area contributed by atoms with Crippen LogP contribution in [0, 0.1) is 0 Å². The summed E-state index contributed by atoms with van der Waals surface area (Å²) in [5, 5.41) is 3.09. The molecule has 5 heteroatoms. The first-order valence-corrected chi connectivity index (χ1v) is 6.00. The molecule has 1 N–H and O–H groups in total. The Morgan fingerprint density at radius 2 is 2.18 bits per heavy atom. The monoisotopic (exact) mass is 310 g/mol. The molecule has 0 aliphatic rings. The van der Waals surface area contributed by atoms with Crippen molar-refractivity contribution in [2.75, 3.05) is 5.32 Å². The number of anilines is 1. The Hall–Kier alpha value is -1.39. The number of pyridine rings is 1. The molecular formula is C12H8BrClN2O. The summed E-state index contributed by atoms with van der Waals surface area (Å²) in [6.45, 7) is 0. The highest BCUT2D eigenvalue weighted by molar-refractivity contribution is 9.10. The second kappa shape index (κ2) is 5.29. The highest BCUT2D eigenvalue weighted by atomic mass is 79.9. The number of nitrogens with zero attached hydrogens (tertiary/aromatic N) is 1. The fourth-order valence-corrected chi connectivity index (χ4v) is 1.93. The van der Waals surface area contributed by atoms with Crippen molar-refractivity contribution in [3.05, 3.63) is 57.8 Å². The normalized spacial score (nSPS) is 10.0. The lowest BCUT2D eigenvalue weighted by Gasteiger charge is -2.06. The molecule has 1 aromatic heterocycles. The van der Waals surface area contributed by atoms with E-state index in [4.69, 9.17) is 11.6 Å². The number of nitrogens with one attached hydrogen (secondary N) is 1. The van der Waals surface area contributed by atoms with Crippen LogP contribution in [-0.4, -0.2) is 10.9 Å². The summed E-state index contributed by atoms with van der Waals surface area (Å²) in [5.41, 5.74) is 1.11. The van der Waals surface area contributed by atoms with E-state index in [0.29, 0.717) is 16.3 Å². The maximum Gasteiger partial charge on any atom is 0.257 e. The fourth-order valence-electron chi connectivity index (χ4n) is 1.32. The van der Waals surface area contributed by atoms with E-state index in [2.05, 4.69) is 26.2 Å². The van der Waals surface area contributed by atoms with Crippen molar-refractivity contribution in [3.63, 3.8) is 0 Å². The van der Waals surface area contributed by atoms with E-state index < -0.39 is 0 Å². The lowest BCUT2D eigenvalue weighted by atomic mass is 10.2. The molecule has 0 fully saturated rings. The van der Waals surface area contributed by atoms with E-state index in [0.717, 1.165) is 4.47 Å². The zero-order chi connectivity index (χ0) is 12.3. The van der Waals surface area contributed by atoms with Gasteiger partial charge < -0.3 is 5.32 Å². The van der Waals surface area contributed by atoms with Gasteiger partial charge in [0.25, 0.3) is 5.91 Å². The molecule has 0 unspecified atom stereocenters. The Balaban J connectivity index is 2.20. The SMILES string of the molecule is O=C(Nc1cccc(Br)c1)c1ccncc1Cl. The third-order valence-electron chi connectivity index (χ3n) is 2.10. The summed E-state index contributed by atoms with van der Waals surface area (Å²) in [6.07, 6.45) is 2.97. The Morgan fingerprint density at radius 1 is 1.35 bits per heavy atom. The van der Waals surface area contributed by atoms with Crippen molar-refractivity contribution in [1.29, 1.82) is 0 Å². The summed E-state index contributed by atoms with van der Waals surface area (Å²) in [5.74, 6) is -0.254. The van der Waals surface area contributed by atoms with Crippen LogP contribution in [0.25, 0.3) is 0 Å². The van der Waals surface area contributed by atoms with Gasteiger partial charge in [-0.05, 0) is 24.3 Å². The summed E-state index contributed by atoms with van der Waals surface area (Å²) in [4.78, 5) is 15.7. The lowest BCUT2D eigenvalue weighted by Crippen LogP contribution is -2.12. The van der Waals surface area contributed by atoms with Crippen molar-refractivity contribution in [2.45, 2.75) is 0 Å². The molecule has 0 aliphatic carbocycles. The zero-order valence-electron chi connectivity index (χ0n) is 8.65. The number of hydrogen-bond acceptors (Lipinski definition) is 2. The van der Waals surface area contributed by atoms with Crippen LogP contribution >= 0.6 is 27.5 Å². The van der Waals surface area contributed by atoms with Gasteiger partial charge in [-0.3, -0.25) is 9.78 Å². The van der Waals surface area contributed by atoms with Gasteiger partial charge in [0.2, 0.25) is 0 Å². The minimum absolute atomic E-state index is 0.254. The van der Waals surface area contributed by atoms with E-state index >= 15 is 0 Å². The smallest absolute Gasteiger partial charge is 0.257 e. The predicted octanol–water partition coefficient (Wildman–Crippen LogP) is 3.75. The second-order valence-corrected chi connectivity index (χ2v) is 4.64. The third kappa shape index (κ3) is 3.05. The van der Waals surface area contributed by atoms with Crippen molar-refractivity contribution in [1.82, 2.24) is 4.98 Å². The topological polar surface area (TPSA) is 42.0 Å². The first-order valence-electron chi connectivity index (χ1n) is 4.83. The molecule has 0 saturated heterocycles. The molecule has 1 aromatic carbocycles. The van der Waals surface area contributed by atoms with E-state index in [9.17, 15) is 4.79 Å². The third-order valence-corrected chi connectivity index (χ3v) is 2.89. The van der Waals surface area contributed by atoms with Crippen molar-refractivity contribution >= 4 is 39.1 Å². The number of carbonyl (C=O) groups is 1. The van der Waals surface area contributed by atoms with Crippen molar-refractivity contribution in [2.24, 2.45) is 0 Å². The van der Waals surface area contributed by atoms with Crippen LogP contribution in [0.3, 0.4) is 0 Å². The van der Waals surface area contributed by atoms with Crippen LogP contribution in [-0.2, 0) is 0 Å². The highest BCUT2D eigenvalue weighted by Gasteiger charge is 2.09. The van der Waals surface area contributed by atoms with Gasteiger partial charge in [-0.15, -0.1) is 0 Å². The first kappa shape index (κ1) is 12.1. The fraction of sp³-hybridized carbons (Fsp3) is 0. The molecule has 0 atom stereocenters. The van der Waals surface area contributed by atoms with Crippen molar-refractivity contribution < 1.29 is 4.79 Å². The van der Waals surface area contributed by atoms with Gasteiger partial charge >= 0.3 is 0 Å². The van der Waals surface area contributed by atoms with Crippen molar-refractivity contribution in [3.8, 4) is 0 Å². The number of aromatic nitrogens is 1. The molecule has 0 saturated carbocycles. The zero-order valence-corrected chi connectivity index (χ0v) is 11.0. The summed E-state index contributed by atoms with van der Waals surface area (Å²) in [6, 6.07) is 8.92. The van der Waals surface area contributed by atoms with Crippen LogP contribution < -0.4 is 5.32 Å². The maximum absolute atomic E-state index is 11.9. The lowest BCUT2D eigenvalue weighted by molar-refractivity contribution is 0.102. The van der Waals surface area contributed by atoms with Gasteiger partial charge in [-0.25, -0.2) is 0 Å². The number of carbonyl (C=O) groups excluding carboxylic acids is 1. The molecule has 0 spiro atoms. The molecule has 0 aliphatic heterocycles. The molecule has 0 radical (unpaired) electrons. The molecule has 0 bridgehead atoms. The second-order valence-electron chi connectivity index (χ2n) is 3.32. The van der Waals surface area contributed by atoms with Crippen LogP contribution in [0.1, 0.15) is 10.4 Å². The average Bonchev–Trinajstić information content (AvgIpc) is 2.29. The Labute approximate surface area is 112 Å². The van der Waals surface area contributed by atoms with Crippen LogP contribution in [0.15, 0.2) is 47.2 Å². The summed E-state index contributed by atoms with van der Waals surface area (Å²) in [7, 11) is 0. The molecule has 1 amide bonds. The first-order chi connectivity index (χ1) is 8.16. The van der Waals surface area contributed by atoms with E-state index in [1.807, 2.05) is 18.2 Å². The Morgan fingerprint density at radius 3 is 2.88 bits per heavy atom. The number of halogens is 2. The maximum atomic E-state index is 11.9. The largest absolute Gasteiger partial charge is 0.322 e. The quantitative estimate of drug-likeness (QED) is 0.918. The summed E-state index contributed by atoms with van der Waals surface area (Å²) < 4.78 is 0.899. The predicted molar refractivity (Wildman–Crippen MR) is 71.3 cm³/mol. The molecule has 1 heterocycles. The van der Waals surface area contributed by atoms with E-state index in [1.165, 1.54) is 12.4 Å².